The number of carboxylic acid groups (broad SMARTS) is 1. The number of ether oxygens (including phenoxy) is 1. The number of hydrogen-bond acceptors (Lipinski definition) is 4. The number of amides is 1. The molecule has 1 amide bonds. The summed E-state index contributed by atoms with van der Waals surface area (Å²) in [5.74, 6) is -0.694. The number of piperidine rings is 1. The first kappa shape index (κ1) is 21.9. The molecule has 0 spiro atoms. The summed E-state index contributed by atoms with van der Waals surface area (Å²) in [6, 6.07) is 0. The number of carboxylic acids is 1. The third kappa shape index (κ3) is 6.32. The first-order valence-corrected chi connectivity index (χ1v) is 10.1. The highest BCUT2D eigenvalue weighted by Crippen LogP contribution is 2.29. The zero-order valence-corrected chi connectivity index (χ0v) is 17.5. The maximum absolute atomic E-state index is 13.0. The van der Waals surface area contributed by atoms with Crippen LogP contribution in [0.5, 0.6) is 0 Å². The second kappa shape index (κ2) is 9.20. The molecule has 2 unspecified atom stereocenters. The van der Waals surface area contributed by atoms with Crippen molar-refractivity contribution in [2.45, 2.75) is 41.0 Å². The minimum atomic E-state index is -0.799. The molecule has 6 heteroatoms. The second-order valence-electron chi connectivity index (χ2n) is 9.19. The Kier molecular flexibility index (Phi) is 7.46. The fourth-order valence-corrected chi connectivity index (χ4v) is 4.24. The van der Waals surface area contributed by atoms with E-state index in [1.54, 1.807) is 4.90 Å². The van der Waals surface area contributed by atoms with Crippen LogP contribution in [0.15, 0.2) is 11.6 Å². The fraction of sp³-hybridized carbons (Fsp3) is 0.810. The summed E-state index contributed by atoms with van der Waals surface area (Å²) >= 11 is 0. The standard InChI is InChI=1S/C21H36N2O4/c1-15(2)17-10-18(20(25)26)13-23(12-17)19(24)16(3)11-21(4,5)14-22-6-8-27-9-7-22/h11,15,17-18H,6-10,12-14H2,1-5H3,(H,25,26)/b16-11+. The SMILES string of the molecule is C/C(=C\C(C)(C)CN1CCOCC1)C(=O)N1CC(C(=O)O)CC(C(C)C)C1. The van der Waals surface area contributed by atoms with E-state index >= 15 is 0 Å². The van der Waals surface area contributed by atoms with Crippen molar-refractivity contribution in [3.63, 3.8) is 0 Å². The van der Waals surface area contributed by atoms with Crippen LogP contribution in [0.3, 0.4) is 0 Å². The number of nitrogens with zero attached hydrogens (tertiary/aromatic N) is 2. The average Bonchev–Trinajstić information content (AvgIpc) is 2.60. The molecule has 0 bridgehead atoms. The Morgan fingerprint density at radius 2 is 1.85 bits per heavy atom. The number of morpholine rings is 1. The summed E-state index contributed by atoms with van der Waals surface area (Å²) in [6.45, 7) is 15.6. The normalized spacial score (nSPS) is 25.7. The van der Waals surface area contributed by atoms with Gasteiger partial charge in [0.1, 0.15) is 0 Å². The van der Waals surface area contributed by atoms with Gasteiger partial charge in [0.05, 0.1) is 19.1 Å². The van der Waals surface area contributed by atoms with E-state index in [0.29, 0.717) is 31.0 Å². The molecule has 0 aromatic heterocycles. The molecule has 154 valence electrons. The molecule has 2 heterocycles. The van der Waals surface area contributed by atoms with Crippen LogP contribution in [0.25, 0.3) is 0 Å². The van der Waals surface area contributed by atoms with Crippen molar-refractivity contribution in [3.8, 4) is 0 Å². The minimum absolute atomic E-state index is 0.0262. The molecule has 0 aromatic rings. The predicted molar refractivity (Wildman–Crippen MR) is 105 cm³/mol. The van der Waals surface area contributed by atoms with Gasteiger partial charge in [-0.2, -0.15) is 0 Å². The summed E-state index contributed by atoms with van der Waals surface area (Å²) in [4.78, 5) is 28.7. The molecular weight excluding hydrogens is 344 g/mol. The zero-order chi connectivity index (χ0) is 20.2. The second-order valence-corrected chi connectivity index (χ2v) is 9.19. The number of likely N-dealkylation sites (tertiary alicyclic amines) is 1. The molecule has 2 aliphatic heterocycles. The molecule has 2 rings (SSSR count). The topological polar surface area (TPSA) is 70.1 Å². The van der Waals surface area contributed by atoms with Crippen molar-refractivity contribution >= 4 is 11.9 Å². The molecule has 1 N–H and O–H groups in total. The Labute approximate surface area is 163 Å². The lowest BCUT2D eigenvalue weighted by Gasteiger charge is -2.38. The van der Waals surface area contributed by atoms with Crippen LogP contribution in [0.1, 0.15) is 41.0 Å². The van der Waals surface area contributed by atoms with E-state index in [9.17, 15) is 14.7 Å². The van der Waals surface area contributed by atoms with E-state index in [1.165, 1.54) is 0 Å². The third-order valence-electron chi connectivity index (χ3n) is 5.74. The van der Waals surface area contributed by atoms with E-state index in [-0.39, 0.29) is 17.2 Å². The summed E-state index contributed by atoms with van der Waals surface area (Å²) in [6.07, 6.45) is 2.71. The van der Waals surface area contributed by atoms with Gasteiger partial charge in [0, 0.05) is 38.3 Å². The van der Waals surface area contributed by atoms with E-state index in [1.807, 2.05) is 6.92 Å². The van der Waals surface area contributed by atoms with Crippen molar-refractivity contribution in [1.82, 2.24) is 9.80 Å². The summed E-state index contributed by atoms with van der Waals surface area (Å²) < 4.78 is 5.41. The molecule has 0 radical (unpaired) electrons. The van der Waals surface area contributed by atoms with Gasteiger partial charge in [-0.3, -0.25) is 14.5 Å². The van der Waals surface area contributed by atoms with Crippen LogP contribution in [-0.2, 0) is 14.3 Å². The Morgan fingerprint density at radius 1 is 1.22 bits per heavy atom. The van der Waals surface area contributed by atoms with Crippen molar-refractivity contribution in [1.29, 1.82) is 0 Å². The van der Waals surface area contributed by atoms with Crippen LogP contribution < -0.4 is 0 Å². The largest absolute Gasteiger partial charge is 0.481 e. The Balaban J connectivity index is 2.06. The Bertz CT molecular complexity index is 565. The lowest BCUT2D eigenvalue weighted by molar-refractivity contribution is -0.146. The highest BCUT2D eigenvalue weighted by Gasteiger charge is 2.35. The first-order chi connectivity index (χ1) is 12.6. The van der Waals surface area contributed by atoms with Gasteiger partial charge in [0.15, 0.2) is 0 Å². The number of carbonyl (C=O) groups is 2. The van der Waals surface area contributed by atoms with Crippen molar-refractivity contribution in [3.05, 3.63) is 11.6 Å². The highest BCUT2D eigenvalue weighted by molar-refractivity contribution is 5.93. The van der Waals surface area contributed by atoms with Gasteiger partial charge >= 0.3 is 5.97 Å². The van der Waals surface area contributed by atoms with Gasteiger partial charge in [0.25, 0.3) is 0 Å². The number of hydrogen-bond donors (Lipinski definition) is 1. The van der Waals surface area contributed by atoms with E-state index < -0.39 is 11.9 Å². The van der Waals surface area contributed by atoms with Crippen LogP contribution >= 0.6 is 0 Å². The highest BCUT2D eigenvalue weighted by atomic mass is 16.5. The Hall–Kier alpha value is -1.40. The van der Waals surface area contributed by atoms with Crippen molar-refractivity contribution in [2.24, 2.45) is 23.2 Å². The molecule has 27 heavy (non-hydrogen) atoms. The van der Waals surface area contributed by atoms with Gasteiger partial charge < -0.3 is 14.7 Å². The van der Waals surface area contributed by atoms with Crippen molar-refractivity contribution in [2.75, 3.05) is 45.9 Å². The number of aliphatic carboxylic acids is 1. The maximum Gasteiger partial charge on any atom is 0.308 e. The van der Waals surface area contributed by atoms with Crippen LogP contribution in [-0.4, -0.2) is 72.7 Å². The van der Waals surface area contributed by atoms with Crippen LogP contribution in [0, 0.1) is 23.2 Å². The number of rotatable bonds is 6. The zero-order valence-electron chi connectivity index (χ0n) is 17.5. The van der Waals surface area contributed by atoms with E-state index in [4.69, 9.17) is 4.74 Å². The summed E-state index contributed by atoms with van der Waals surface area (Å²) in [7, 11) is 0. The number of carbonyl (C=O) groups excluding carboxylic acids is 1. The molecule has 2 saturated heterocycles. The van der Waals surface area contributed by atoms with Gasteiger partial charge in [-0.1, -0.05) is 33.8 Å². The lowest BCUT2D eigenvalue weighted by Crippen LogP contribution is -2.48. The fourth-order valence-electron chi connectivity index (χ4n) is 4.24. The quantitative estimate of drug-likeness (QED) is 0.717. The Morgan fingerprint density at radius 3 is 2.41 bits per heavy atom. The maximum atomic E-state index is 13.0. The van der Waals surface area contributed by atoms with Crippen LogP contribution in [0.2, 0.25) is 0 Å². The molecule has 0 aliphatic carbocycles. The summed E-state index contributed by atoms with van der Waals surface area (Å²) in [5, 5.41) is 9.48. The van der Waals surface area contributed by atoms with Crippen LogP contribution in [0.4, 0.5) is 0 Å². The molecule has 0 aromatic carbocycles. The molecule has 2 fully saturated rings. The van der Waals surface area contributed by atoms with Gasteiger partial charge in [0.2, 0.25) is 5.91 Å². The van der Waals surface area contributed by atoms with E-state index in [0.717, 1.165) is 32.8 Å². The monoisotopic (exact) mass is 380 g/mol. The molecule has 6 nitrogen and oxygen atoms in total. The third-order valence-corrected chi connectivity index (χ3v) is 5.74. The molecule has 2 atom stereocenters. The van der Waals surface area contributed by atoms with E-state index in [2.05, 4.69) is 38.7 Å². The van der Waals surface area contributed by atoms with Gasteiger partial charge in [-0.15, -0.1) is 0 Å². The van der Waals surface area contributed by atoms with Gasteiger partial charge in [-0.05, 0) is 30.6 Å². The summed E-state index contributed by atoms with van der Waals surface area (Å²) in [5.41, 5.74) is 0.582. The molecule has 2 aliphatic rings. The lowest BCUT2D eigenvalue weighted by atomic mass is 9.82. The smallest absolute Gasteiger partial charge is 0.308 e. The first-order valence-electron chi connectivity index (χ1n) is 10.1. The molecular formula is C21H36N2O4. The minimum Gasteiger partial charge on any atom is -0.481 e. The van der Waals surface area contributed by atoms with Gasteiger partial charge in [-0.25, -0.2) is 0 Å². The molecule has 0 saturated carbocycles. The predicted octanol–water partition coefficient (Wildman–Crippen LogP) is 2.50. The van der Waals surface area contributed by atoms with Crippen molar-refractivity contribution < 1.29 is 19.4 Å². The average molecular weight is 381 g/mol.